The van der Waals surface area contributed by atoms with E-state index >= 15 is 0 Å². The lowest BCUT2D eigenvalue weighted by atomic mass is 9.82. The molecule has 164 valence electrons. The fraction of sp³-hybridized carbons (Fsp3) is 0.0741. The lowest BCUT2D eigenvalue weighted by Gasteiger charge is -2.21. The molecule has 0 saturated heterocycles. The Hall–Kier alpha value is -3.64. The predicted molar refractivity (Wildman–Crippen MR) is 132 cm³/mol. The van der Waals surface area contributed by atoms with E-state index in [1.807, 2.05) is 67.6 Å². The van der Waals surface area contributed by atoms with Crippen molar-refractivity contribution in [3.63, 3.8) is 0 Å². The lowest BCUT2D eigenvalue weighted by Crippen LogP contribution is -2.21. The first-order valence-corrected chi connectivity index (χ1v) is 11.3. The van der Waals surface area contributed by atoms with Crippen LogP contribution in [0.5, 0.6) is 5.75 Å². The average molecular weight is 503 g/mol. The van der Waals surface area contributed by atoms with Gasteiger partial charge in [-0.05, 0) is 69.5 Å². The number of H-pyrrole nitrogens is 1. The zero-order valence-corrected chi connectivity index (χ0v) is 19.3. The van der Waals surface area contributed by atoms with Crippen LogP contribution < -0.4 is 5.56 Å². The van der Waals surface area contributed by atoms with Gasteiger partial charge in [-0.2, -0.15) is 0 Å². The molecular formula is C27H20BrFN2O2. The van der Waals surface area contributed by atoms with E-state index in [4.69, 9.17) is 0 Å². The van der Waals surface area contributed by atoms with E-state index < -0.39 is 11.7 Å². The van der Waals surface area contributed by atoms with Crippen LogP contribution in [0.25, 0.3) is 16.5 Å². The highest BCUT2D eigenvalue weighted by molar-refractivity contribution is 9.10. The molecule has 1 atom stereocenters. The summed E-state index contributed by atoms with van der Waals surface area (Å²) in [5.74, 6) is -1.07. The molecule has 0 aliphatic rings. The van der Waals surface area contributed by atoms with Gasteiger partial charge in [-0.3, -0.25) is 9.89 Å². The van der Waals surface area contributed by atoms with Crippen LogP contribution >= 0.6 is 15.9 Å². The number of aromatic nitrogens is 2. The van der Waals surface area contributed by atoms with Crippen molar-refractivity contribution >= 4 is 26.7 Å². The van der Waals surface area contributed by atoms with Gasteiger partial charge >= 0.3 is 0 Å². The highest BCUT2D eigenvalue weighted by atomic mass is 79.9. The number of nitrogens with zero attached hydrogens (tertiary/aromatic N) is 1. The van der Waals surface area contributed by atoms with Gasteiger partial charge in [0.15, 0.2) is 0 Å². The maximum absolute atomic E-state index is 14.7. The number of hydrogen-bond acceptors (Lipinski definition) is 2. The number of rotatable bonds is 4. The predicted octanol–water partition coefficient (Wildman–Crippen LogP) is 6.41. The molecule has 0 fully saturated rings. The second-order valence-electron chi connectivity index (χ2n) is 7.95. The normalized spacial score (nSPS) is 12.2. The van der Waals surface area contributed by atoms with Crippen molar-refractivity contribution in [1.29, 1.82) is 0 Å². The molecule has 0 bridgehead atoms. The number of phenolic OH excluding ortho intramolecular Hbond substituents is 1. The number of halogens is 2. The fourth-order valence-electron chi connectivity index (χ4n) is 4.42. The molecule has 0 aliphatic heterocycles. The molecule has 1 aromatic heterocycles. The average Bonchev–Trinajstić information content (AvgIpc) is 3.12. The summed E-state index contributed by atoms with van der Waals surface area (Å²) < 4.78 is 16.5. The summed E-state index contributed by atoms with van der Waals surface area (Å²) in [6, 6.07) is 25.2. The number of benzene rings is 4. The molecule has 0 spiro atoms. The molecule has 0 aliphatic carbocycles. The second kappa shape index (κ2) is 8.37. The number of aromatic hydroxyl groups is 1. The smallest absolute Gasteiger partial charge is 0.275 e. The summed E-state index contributed by atoms with van der Waals surface area (Å²) in [5, 5.41) is 15.9. The zero-order chi connectivity index (χ0) is 23.1. The van der Waals surface area contributed by atoms with Crippen LogP contribution in [0.3, 0.4) is 0 Å². The van der Waals surface area contributed by atoms with Crippen molar-refractivity contribution in [2.24, 2.45) is 0 Å². The third-order valence-corrected chi connectivity index (χ3v) is 6.58. The van der Waals surface area contributed by atoms with Gasteiger partial charge < -0.3 is 5.11 Å². The first-order chi connectivity index (χ1) is 16.0. The Morgan fingerprint density at radius 3 is 2.42 bits per heavy atom. The molecule has 0 radical (unpaired) electrons. The maximum Gasteiger partial charge on any atom is 0.275 e. The molecule has 2 N–H and O–H groups in total. The zero-order valence-electron chi connectivity index (χ0n) is 17.7. The molecular weight excluding hydrogens is 483 g/mol. The van der Waals surface area contributed by atoms with Crippen LogP contribution in [0, 0.1) is 12.7 Å². The van der Waals surface area contributed by atoms with Crippen molar-refractivity contribution in [3.05, 3.63) is 128 Å². The van der Waals surface area contributed by atoms with Crippen LogP contribution in [0.2, 0.25) is 0 Å². The first-order valence-electron chi connectivity index (χ1n) is 10.5. The Morgan fingerprint density at radius 1 is 0.939 bits per heavy atom. The van der Waals surface area contributed by atoms with E-state index in [1.54, 1.807) is 18.2 Å². The highest BCUT2D eigenvalue weighted by Gasteiger charge is 2.29. The number of hydrogen-bond donors (Lipinski definition) is 2. The number of aryl methyl sites for hydroxylation is 1. The lowest BCUT2D eigenvalue weighted by molar-refractivity contribution is 0.468. The monoisotopic (exact) mass is 502 g/mol. The van der Waals surface area contributed by atoms with Crippen LogP contribution in [-0.2, 0) is 0 Å². The maximum atomic E-state index is 14.7. The van der Waals surface area contributed by atoms with Crippen molar-refractivity contribution in [2.45, 2.75) is 12.8 Å². The molecule has 5 rings (SSSR count). The standard InChI is InChI=1S/C27H20BrFN2O2/c1-16-24(27(33)31(30-16)19-8-3-2-4-9-19)25(18-11-13-21(28)22(29)15-18)26-20-10-6-5-7-17(20)12-14-23(26)32/h2-15,25,30,32H,1H3. The Kier molecular flexibility index (Phi) is 5.38. The van der Waals surface area contributed by atoms with Crippen molar-refractivity contribution in [2.75, 3.05) is 0 Å². The molecule has 0 amide bonds. The molecule has 6 heteroatoms. The summed E-state index contributed by atoms with van der Waals surface area (Å²) in [6.07, 6.45) is 0. The van der Waals surface area contributed by atoms with E-state index in [-0.39, 0.29) is 11.3 Å². The molecule has 33 heavy (non-hydrogen) atoms. The minimum atomic E-state index is -0.688. The first kappa shape index (κ1) is 21.2. The minimum Gasteiger partial charge on any atom is -0.508 e. The Balaban J connectivity index is 1.85. The fourth-order valence-corrected chi connectivity index (χ4v) is 4.66. The summed E-state index contributed by atoms with van der Waals surface area (Å²) in [5.41, 5.74) is 2.67. The van der Waals surface area contributed by atoms with Crippen LogP contribution in [0.1, 0.15) is 28.3 Å². The number of nitrogens with one attached hydrogen (secondary N) is 1. The van der Waals surface area contributed by atoms with Gasteiger partial charge in [0.2, 0.25) is 0 Å². The van der Waals surface area contributed by atoms with Crippen LogP contribution in [-0.4, -0.2) is 14.9 Å². The van der Waals surface area contributed by atoms with Gasteiger partial charge in [-0.25, -0.2) is 9.07 Å². The van der Waals surface area contributed by atoms with Gasteiger partial charge in [0.1, 0.15) is 11.6 Å². The quantitative estimate of drug-likeness (QED) is 0.298. The minimum absolute atomic E-state index is 0.0493. The van der Waals surface area contributed by atoms with E-state index in [1.165, 1.54) is 10.7 Å². The Morgan fingerprint density at radius 2 is 1.67 bits per heavy atom. The SMILES string of the molecule is Cc1[nH]n(-c2ccccc2)c(=O)c1C(c1ccc(Br)c(F)c1)c1c(O)ccc2ccccc12. The topological polar surface area (TPSA) is 58.0 Å². The van der Waals surface area contributed by atoms with Gasteiger partial charge in [0, 0.05) is 17.2 Å². The molecule has 1 unspecified atom stereocenters. The summed E-state index contributed by atoms with van der Waals surface area (Å²) >= 11 is 3.21. The van der Waals surface area contributed by atoms with Crippen LogP contribution in [0.15, 0.2) is 94.2 Å². The summed E-state index contributed by atoms with van der Waals surface area (Å²) in [4.78, 5) is 13.7. The van der Waals surface area contributed by atoms with E-state index in [2.05, 4.69) is 21.0 Å². The highest BCUT2D eigenvalue weighted by Crippen LogP contribution is 2.41. The van der Waals surface area contributed by atoms with E-state index in [0.717, 1.165) is 10.8 Å². The van der Waals surface area contributed by atoms with E-state index in [9.17, 15) is 14.3 Å². The molecule has 4 nitrogen and oxygen atoms in total. The van der Waals surface area contributed by atoms with Gasteiger partial charge in [0.05, 0.1) is 15.7 Å². The number of para-hydroxylation sites is 1. The van der Waals surface area contributed by atoms with Gasteiger partial charge in [0.25, 0.3) is 5.56 Å². The van der Waals surface area contributed by atoms with E-state index in [0.29, 0.717) is 32.5 Å². The summed E-state index contributed by atoms with van der Waals surface area (Å²) in [7, 11) is 0. The Labute approximate surface area is 198 Å². The summed E-state index contributed by atoms with van der Waals surface area (Å²) in [6.45, 7) is 1.82. The largest absolute Gasteiger partial charge is 0.508 e. The molecule has 4 aromatic carbocycles. The molecule has 5 aromatic rings. The number of phenols is 1. The van der Waals surface area contributed by atoms with Crippen LogP contribution in [0.4, 0.5) is 4.39 Å². The Bertz CT molecular complexity index is 1540. The van der Waals surface area contributed by atoms with Crippen molar-refractivity contribution < 1.29 is 9.50 Å². The third-order valence-electron chi connectivity index (χ3n) is 5.93. The molecule has 0 saturated carbocycles. The number of fused-ring (bicyclic) bond motifs is 1. The van der Waals surface area contributed by atoms with Gasteiger partial charge in [-0.15, -0.1) is 0 Å². The second-order valence-corrected chi connectivity index (χ2v) is 8.81. The van der Waals surface area contributed by atoms with Crippen molar-refractivity contribution in [1.82, 2.24) is 9.78 Å². The third kappa shape index (κ3) is 3.66. The van der Waals surface area contributed by atoms with Crippen molar-refractivity contribution in [3.8, 4) is 11.4 Å². The molecule has 1 heterocycles. The number of aromatic amines is 1. The van der Waals surface area contributed by atoms with Gasteiger partial charge in [-0.1, -0.05) is 54.6 Å².